The van der Waals surface area contributed by atoms with Crippen molar-refractivity contribution in [3.63, 3.8) is 0 Å². The normalized spacial score (nSPS) is 26.4. The van der Waals surface area contributed by atoms with Gasteiger partial charge in [0, 0.05) is 48.7 Å². The molecule has 4 aliphatic rings. The third-order valence-corrected chi connectivity index (χ3v) is 9.25. The number of hydrogen-bond acceptors (Lipinski definition) is 10. The summed E-state index contributed by atoms with van der Waals surface area (Å²) in [5.41, 5.74) is 4.00. The van der Waals surface area contributed by atoms with Gasteiger partial charge in [-0.25, -0.2) is 0 Å². The molecule has 4 heterocycles. The molecule has 5 rings (SSSR count). The van der Waals surface area contributed by atoms with Crippen molar-refractivity contribution in [1.29, 1.82) is 5.26 Å². The summed E-state index contributed by atoms with van der Waals surface area (Å²) in [6.07, 6.45) is 6.26. The Hall–Kier alpha value is -4.01. The Balaban J connectivity index is 1.73. The molecule has 0 aromatic heterocycles. The van der Waals surface area contributed by atoms with Gasteiger partial charge in [0.05, 0.1) is 25.3 Å². The fourth-order valence-corrected chi connectivity index (χ4v) is 7.45. The molecular weight excluding hydrogens is 564 g/mol. The van der Waals surface area contributed by atoms with E-state index in [-0.39, 0.29) is 43.1 Å². The number of aryl methyl sites for hydroxylation is 1. The van der Waals surface area contributed by atoms with Gasteiger partial charge in [0.25, 0.3) is 0 Å². The van der Waals surface area contributed by atoms with Crippen LogP contribution in [-0.2, 0) is 30.2 Å². The van der Waals surface area contributed by atoms with Crippen LogP contribution in [0.15, 0.2) is 41.1 Å². The van der Waals surface area contributed by atoms with Crippen LogP contribution in [0.2, 0.25) is 0 Å². The summed E-state index contributed by atoms with van der Waals surface area (Å²) in [5.74, 6) is 0.822. The van der Waals surface area contributed by atoms with Crippen LogP contribution in [0.5, 0.6) is 11.5 Å². The first-order chi connectivity index (χ1) is 21.2. The van der Waals surface area contributed by atoms with Gasteiger partial charge < -0.3 is 29.4 Å². The average Bonchev–Trinajstić information content (AvgIpc) is 3.52. The summed E-state index contributed by atoms with van der Waals surface area (Å²) < 4.78 is 22.8. The van der Waals surface area contributed by atoms with Crippen LogP contribution in [0.25, 0.3) is 0 Å². The number of nitrogens with zero attached hydrogens (tertiary/aromatic N) is 3. The molecule has 1 unspecified atom stereocenters. The van der Waals surface area contributed by atoms with E-state index in [1.54, 1.807) is 20.1 Å². The zero-order valence-electron chi connectivity index (χ0n) is 26.3. The number of nitrogens with one attached hydrogen (secondary N) is 1. The van der Waals surface area contributed by atoms with Crippen LogP contribution in [0.3, 0.4) is 0 Å². The van der Waals surface area contributed by atoms with E-state index in [2.05, 4.69) is 21.2 Å². The second-order valence-corrected chi connectivity index (χ2v) is 11.8. The number of fused-ring (bicyclic) bond motifs is 6. The van der Waals surface area contributed by atoms with E-state index in [0.717, 1.165) is 35.1 Å². The van der Waals surface area contributed by atoms with Crippen LogP contribution >= 0.6 is 0 Å². The Morgan fingerprint density at radius 2 is 2.07 bits per heavy atom. The average molecular weight is 607 g/mol. The quantitative estimate of drug-likeness (QED) is 0.315. The highest BCUT2D eigenvalue weighted by Crippen LogP contribution is 2.54. The van der Waals surface area contributed by atoms with Gasteiger partial charge in [-0.2, -0.15) is 5.26 Å². The molecule has 5 atom stereocenters. The maximum Gasteiger partial charge on any atom is 0.308 e. The van der Waals surface area contributed by atoms with Crippen LogP contribution in [0.1, 0.15) is 69.2 Å². The lowest BCUT2D eigenvalue weighted by Crippen LogP contribution is -2.70. The fraction of sp³-hybridized carbons (Fsp3) is 0.545. The minimum atomic E-state index is -0.557. The van der Waals surface area contributed by atoms with Crippen molar-refractivity contribution in [2.75, 3.05) is 27.5 Å². The molecular formula is C33H42N4O7. The number of carbonyl (C=O) groups is 2. The SMILES string of the molecule is CC=C(OC(C)=O)C1=C(C2=COCO2)[C@H](CNC(=O)CCCC)N2C(C1)[C@H]1c3c(cc(C)c(OC)c3O)C[C@@H]([C@@H]2C#N)N1C. The molecule has 1 amide bonds. The molecule has 11 heteroatoms. The van der Waals surface area contributed by atoms with Crippen LogP contribution in [-0.4, -0.2) is 78.4 Å². The van der Waals surface area contributed by atoms with E-state index in [0.29, 0.717) is 42.1 Å². The molecule has 2 N–H and O–H groups in total. The van der Waals surface area contributed by atoms with E-state index in [1.165, 1.54) is 13.2 Å². The second-order valence-electron chi connectivity index (χ2n) is 11.8. The third kappa shape index (κ3) is 5.41. The third-order valence-electron chi connectivity index (χ3n) is 9.25. The number of nitriles is 1. The largest absolute Gasteiger partial charge is 0.504 e. The Kier molecular flexibility index (Phi) is 9.23. The Labute approximate surface area is 258 Å². The molecule has 236 valence electrons. The maximum atomic E-state index is 12.9. The molecule has 0 aliphatic carbocycles. The number of likely N-dealkylation sites (N-methyl/N-ethyl adjacent to an activating group) is 1. The number of allylic oxidation sites excluding steroid dienone is 2. The Morgan fingerprint density at radius 3 is 2.68 bits per heavy atom. The zero-order valence-corrected chi connectivity index (χ0v) is 26.3. The van der Waals surface area contributed by atoms with Gasteiger partial charge in [0.1, 0.15) is 18.1 Å². The number of methoxy groups -OCH3 is 1. The lowest BCUT2D eigenvalue weighted by Gasteiger charge is -2.60. The minimum Gasteiger partial charge on any atom is -0.504 e. The van der Waals surface area contributed by atoms with Crippen molar-refractivity contribution in [2.45, 2.75) is 90.0 Å². The Morgan fingerprint density at radius 1 is 1.30 bits per heavy atom. The van der Waals surface area contributed by atoms with Gasteiger partial charge in [0.2, 0.25) is 12.7 Å². The van der Waals surface area contributed by atoms with Crippen molar-refractivity contribution in [3.8, 4) is 17.6 Å². The summed E-state index contributed by atoms with van der Waals surface area (Å²) >= 11 is 0. The Bertz CT molecular complexity index is 1460. The molecule has 0 radical (unpaired) electrons. The van der Waals surface area contributed by atoms with Gasteiger partial charge in [-0.15, -0.1) is 0 Å². The van der Waals surface area contributed by atoms with Gasteiger partial charge in [-0.1, -0.05) is 19.4 Å². The lowest BCUT2D eigenvalue weighted by molar-refractivity contribution is -0.136. The number of phenols is 1. The van der Waals surface area contributed by atoms with Gasteiger partial charge in [-0.3, -0.25) is 19.4 Å². The topological polar surface area (TPSA) is 134 Å². The number of phenolic OH excluding ortho intramolecular Hbond substituents is 1. The van der Waals surface area contributed by atoms with E-state index in [4.69, 9.17) is 18.9 Å². The second kappa shape index (κ2) is 12.9. The van der Waals surface area contributed by atoms with Crippen molar-refractivity contribution >= 4 is 11.9 Å². The molecule has 1 saturated heterocycles. The molecule has 4 aliphatic heterocycles. The number of carbonyl (C=O) groups excluding carboxylic acids is 2. The molecule has 1 fully saturated rings. The molecule has 11 nitrogen and oxygen atoms in total. The predicted octanol–water partition coefficient (Wildman–Crippen LogP) is 3.87. The molecule has 0 saturated carbocycles. The predicted molar refractivity (Wildman–Crippen MR) is 161 cm³/mol. The van der Waals surface area contributed by atoms with Crippen molar-refractivity contribution < 1.29 is 33.6 Å². The van der Waals surface area contributed by atoms with Crippen LogP contribution in [0.4, 0.5) is 0 Å². The molecule has 44 heavy (non-hydrogen) atoms. The monoisotopic (exact) mass is 606 g/mol. The summed E-state index contributed by atoms with van der Waals surface area (Å²) in [6, 6.07) is 2.70. The van der Waals surface area contributed by atoms with E-state index in [1.807, 2.05) is 27.0 Å². The number of amides is 1. The van der Waals surface area contributed by atoms with Crippen molar-refractivity contribution in [1.82, 2.24) is 15.1 Å². The molecule has 1 aromatic carbocycles. The molecule has 0 spiro atoms. The van der Waals surface area contributed by atoms with Crippen molar-refractivity contribution in [3.05, 3.63) is 57.8 Å². The first kappa shape index (κ1) is 31.4. The zero-order chi connectivity index (χ0) is 31.7. The number of unbranched alkanes of at least 4 members (excludes halogenated alkanes) is 1. The van der Waals surface area contributed by atoms with E-state index < -0.39 is 18.1 Å². The standard InChI is InChI=1S/C33H42N4O7/c1-7-9-10-28(39)35-15-25-30(27-16-42-17-43-27)21(26(8-2)44-19(4)38)13-23-31-29-20(11-18(3)33(41-6)32(29)40)12-22(36(31)5)24(14-34)37(23)25/h8,11,16,22-25,31,40H,7,9-10,12-13,15,17H2,1-6H3,(H,35,39)/t22-,23?,24-,25-,31-/m0/s1. The number of esters is 1. The number of rotatable bonds is 9. The first-order valence-electron chi connectivity index (χ1n) is 15.2. The highest BCUT2D eigenvalue weighted by Gasteiger charge is 2.56. The van der Waals surface area contributed by atoms with E-state index >= 15 is 0 Å². The van der Waals surface area contributed by atoms with Crippen molar-refractivity contribution in [2.24, 2.45) is 0 Å². The molecule has 2 bridgehead atoms. The van der Waals surface area contributed by atoms with Crippen LogP contribution < -0.4 is 10.1 Å². The van der Waals surface area contributed by atoms with E-state index in [9.17, 15) is 20.0 Å². The molecule has 1 aromatic rings. The summed E-state index contributed by atoms with van der Waals surface area (Å²) in [7, 11) is 3.54. The van der Waals surface area contributed by atoms with Crippen LogP contribution in [0, 0.1) is 18.3 Å². The minimum absolute atomic E-state index is 0.0277. The highest BCUT2D eigenvalue weighted by atomic mass is 16.7. The number of hydrogen-bond donors (Lipinski definition) is 2. The number of ether oxygens (including phenoxy) is 4. The summed E-state index contributed by atoms with van der Waals surface area (Å²) in [4.78, 5) is 29.6. The fourth-order valence-electron chi connectivity index (χ4n) is 7.45. The maximum absolute atomic E-state index is 12.9. The number of benzene rings is 1. The van der Waals surface area contributed by atoms with Gasteiger partial charge in [0.15, 0.2) is 17.3 Å². The lowest BCUT2D eigenvalue weighted by atomic mass is 9.71. The number of aromatic hydroxyl groups is 1. The highest BCUT2D eigenvalue weighted by molar-refractivity contribution is 5.76. The van der Waals surface area contributed by atoms with Gasteiger partial charge >= 0.3 is 5.97 Å². The first-order valence-corrected chi connectivity index (χ1v) is 15.2. The van der Waals surface area contributed by atoms with Gasteiger partial charge in [-0.05, 0) is 57.4 Å². The number of piperazine rings is 1. The summed E-state index contributed by atoms with van der Waals surface area (Å²) in [6.45, 7) is 7.32. The smallest absolute Gasteiger partial charge is 0.308 e. The summed E-state index contributed by atoms with van der Waals surface area (Å²) in [5, 5.41) is 25.5.